The second kappa shape index (κ2) is 4.28. The smallest absolute Gasteiger partial charge is 0.231 e. The molecule has 2 aliphatic rings. The van der Waals surface area contributed by atoms with E-state index in [2.05, 4.69) is 0 Å². The van der Waals surface area contributed by atoms with Crippen molar-refractivity contribution in [3.05, 3.63) is 18.2 Å². The molecule has 1 aromatic carbocycles. The number of carbonyl (C=O) groups is 1. The van der Waals surface area contributed by atoms with Crippen LogP contribution in [0.15, 0.2) is 18.2 Å². The highest BCUT2D eigenvalue weighted by atomic mass is 16.7. The van der Waals surface area contributed by atoms with Crippen molar-refractivity contribution in [2.45, 2.75) is 31.8 Å². The molecule has 1 aliphatic heterocycles. The summed E-state index contributed by atoms with van der Waals surface area (Å²) in [5.41, 5.74) is 0. The van der Waals surface area contributed by atoms with Crippen LogP contribution in [0.2, 0.25) is 0 Å². The molecule has 1 aromatic rings. The van der Waals surface area contributed by atoms with E-state index in [9.17, 15) is 4.79 Å². The fourth-order valence-electron chi connectivity index (χ4n) is 2.23. The van der Waals surface area contributed by atoms with Crippen molar-refractivity contribution < 1.29 is 19.0 Å². The topological polar surface area (TPSA) is 44.8 Å². The van der Waals surface area contributed by atoms with Gasteiger partial charge in [0.25, 0.3) is 0 Å². The Bertz CT molecular complexity index is 441. The molecule has 4 heteroatoms. The van der Waals surface area contributed by atoms with Crippen LogP contribution >= 0.6 is 0 Å². The van der Waals surface area contributed by atoms with Gasteiger partial charge >= 0.3 is 0 Å². The van der Waals surface area contributed by atoms with Crippen LogP contribution in [0.5, 0.6) is 17.2 Å². The molecule has 0 amide bonds. The predicted molar refractivity (Wildman–Crippen MR) is 60.5 cm³/mol. The van der Waals surface area contributed by atoms with Crippen molar-refractivity contribution in [2.75, 3.05) is 6.79 Å². The summed E-state index contributed by atoms with van der Waals surface area (Å²) >= 11 is 0. The van der Waals surface area contributed by atoms with Crippen LogP contribution in [0.4, 0.5) is 0 Å². The van der Waals surface area contributed by atoms with Gasteiger partial charge in [-0.25, -0.2) is 0 Å². The van der Waals surface area contributed by atoms with Crippen LogP contribution in [0, 0.1) is 0 Å². The number of hydrogen-bond donors (Lipinski definition) is 0. The molecule has 0 N–H and O–H groups in total. The molecule has 1 fully saturated rings. The minimum atomic E-state index is 0.0108. The van der Waals surface area contributed by atoms with Crippen molar-refractivity contribution in [1.82, 2.24) is 0 Å². The highest BCUT2D eigenvalue weighted by molar-refractivity contribution is 5.79. The van der Waals surface area contributed by atoms with Crippen LogP contribution in [-0.4, -0.2) is 18.7 Å². The quantitative estimate of drug-likeness (QED) is 0.787. The molecule has 1 atom stereocenters. The van der Waals surface area contributed by atoms with E-state index < -0.39 is 0 Å². The first-order valence-corrected chi connectivity index (χ1v) is 5.89. The Morgan fingerprint density at radius 2 is 2.12 bits per heavy atom. The minimum Gasteiger partial charge on any atom is -0.490 e. The summed E-state index contributed by atoms with van der Waals surface area (Å²) in [6.45, 7) is 0.265. The fourth-order valence-corrected chi connectivity index (χ4v) is 2.23. The summed E-state index contributed by atoms with van der Waals surface area (Å²) in [6, 6.07) is 5.51. The standard InChI is InChI=1S/C13H14O4/c14-9-2-1-3-10(6-9)17-11-4-5-12-13(7-11)16-8-15-12/h4-5,7,10H,1-3,6,8H2. The van der Waals surface area contributed by atoms with Crippen LogP contribution in [0.25, 0.3) is 0 Å². The Morgan fingerprint density at radius 3 is 3.00 bits per heavy atom. The first-order valence-electron chi connectivity index (χ1n) is 5.89. The zero-order valence-electron chi connectivity index (χ0n) is 9.48. The first kappa shape index (κ1) is 10.4. The Hall–Kier alpha value is -1.71. The maximum absolute atomic E-state index is 11.3. The fraction of sp³-hybridized carbons (Fsp3) is 0.462. The minimum absolute atomic E-state index is 0.0108. The third-order valence-corrected chi connectivity index (χ3v) is 3.08. The van der Waals surface area contributed by atoms with E-state index in [-0.39, 0.29) is 12.9 Å². The first-order chi connectivity index (χ1) is 8.31. The highest BCUT2D eigenvalue weighted by Crippen LogP contribution is 2.36. The van der Waals surface area contributed by atoms with Gasteiger partial charge in [-0.15, -0.1) is 0 Å². The summed E-state index contributed by atoms with van der Waals surface area (Å²) < 4.78 is 16.3. The summed E-state index contributed by atoms with van der Waals surface area (Å²) in [7, 11) is 0. The Labute approximate surface area is 99.5 Å². The lowest BCUT2D eigenvalue weighted by atomic mass is 9.96. The lowest BCUT2D eigenvalue weighted by Crippen LogP contribution is -2.25. The second-order valence-corrected chi connectivity index (χ2v) is 4.39. The zero-order valence-corrected chi connectivity index (χ0v) is 9.48. The van der Waals surface area contributed by atoms with Crippen LogP contribution in [-0.2, 0) is 4.79 Å². The van der Waals surface area contributed by atoms with Crippen molar-refractivity contribution in [2.24, 2.45) is 0 Å². The van der Waals surface area contributed by atoms with Gasteiger partial charge in [-0.2, -0.15) is 0 Å². The average molecular weight is 234 g/mol. The van der Waals surface area contributed by atoms with Gasteiger partial charge in [-0.05, 0) is 25.0 Å². The molecule has 0 bridgehead atoms. The van der Waals surface area contributed by atoms with Crippen LogP contribution in [0.3, 0.4) is 0 Å². The molecule has 0 radical (unpaired) electrons. The van der Waals surface area contributed by atoms with E-state index in [1.807, 2.05) is 18.2 Å². The lowest BCUT2D eigenvalue weighted by Gasteiger charge is -2.22. The molecule has 90 valence electrons. The zero-order chi connectivity index (χ0) is 11.7. The number of ketones is 1. The average Bonchev–Trinajstić information content (AvgIpc) is 2.76. The Morgan fingerprint density at radius 1 is 1.24 bits per heavy atom. The highest BCUT2D eigenvalue weighted by Gasteiger charge is 2.22. The third kappa shape index (κ3) is 2.20. The Balaban J connectivity index is 1.70. The number of fused-ring (bicyclic) bond motifs is 1. The monoisotopic (exact) mass is 234 g/mol. The number of hydrogen-bond acceptors (Lipinski definition) is 4. The van der Waals surface area contributed by atoms with Gasteiger partial charge in [-0.3, -0.25) is 4.79 Å². The molecule has 0 aromatic heterocycles. The normalized spacial score (nSPS) is 22.6. The van der Waals surface area contributed by atoms with Gasteiger partial charge in [-0.1, -0.05) is 0 Å². The summed E-state index contributed by atoms with van der Waals surface area (Å²) in [6.07, 6.45) is 3.10. The lowest BCUT2D eigenvalue weighted by molar-refractivity contribution is -0.122. The maximum Gasteiger partial charge on any atom is 0.231 e. The molecule has 4 nitrogen and oxygen atoms in total. The molecule has 17 heavy (non-hydrogen) atoms. The van der Waals surface area contributed by atoms with Gasteiger partial charge in [0.1, 0.15) is 17.6 Å². The van der Waals surface area contributed by atoms with E-state index in [4.69, 9.17) is 14.2 Å². The predicted octanol–water partition coefficient (Wildman–Crippen LogP) is 2.31. The molecular formula is C13H14O4. The van der Waals surface area contributed by atoms with Crippen LogP contribution < -0.4 is 14.2 Å². The molecule has 1 unspecified atom stereocenters. The third-order valence-electron chi connectivity index (χ3n) is 3.08. The van der Waals surface area contributed by atoms with Crippen molar-refractivity contribution in [3.63, 3.8) is 0 Å². The number of benzene rings is 1. The van der Waals surface area contributed by atoms with Crippen LogP contribution in [0.1, 0.15) is 25.7 Å². The second-order valence-electron chi connectivity index (χ2n) is 4.39. The van der Waals surface area contributed by atoms with Gasteiger partial charge in [0.2, 0.25) is 6.79 Å². The number of rotatable bonds is 2. The van der Waals surface area contributed by atoms with E-state index in [0.29, 0.717) is 24.4 Å². The molecule has 0 saturated heterocycles. The van der Waals surface area contributed by atoms with E-state index in [1.54, 1.807) is 0 Å². The number of Topliss-reactive ketones (excluding diaryl/α,β-unsaturated/α-hetero) is 1. The summed E-state index contributed by atoms with van der Waals surface area (Å²) in [4.78, 5) is 11.3. The molecule has 1 heterocycles. The van der Waals surface area contributed by atoms with Crippen molar-refractivity contribution in [3.8, 4) is 17.2 Å². The van der Waals surface area contributed by atoms with E-state index >= 15 is 0 Å². The van der Waals surface area contributed by atoms with Crippen molar-refractivity contribution >= 4 is 5.78 Å². The number of ether oxygens (including phenoxy) is 3. The molecular weight excluding hydrogens is 220 g/mol. The van der Waals surface area contributed by atoms with Gasteiger partial charge in [0.15, 0.2) is 11.5 Å². The van der Waals surface area contributed by atoms with E-state index in [1.165, 1.54) is 0 Å². The van der Waals surface area contributed by atoms with Gasteiger partial charge in [0.05, 0.1) is 0 Å². The Kier molecular flexibility index (Phi) is 2.63. The SMILES string of the molecule is O=C1CCCC(Oc2ccc3c(c2)OCO3)C1. The molecule has 3 rings (SSSR count). The van der Waals surface area contributed by atoms with Crippen molar-refractivity contribution in [1.29, 1.82) is 0 Å². The molecule has 1 aliphatic carbocycles. The van der Waals surface area contributed by atoms with E-state index in [0.717, 1.165) is 24.3 Å². The summed E-state index contributed by atoms with van der Waals surface area (Å²) in [5.74, 6) is 2.50. The summed E-state index contributed by atoms with van der Waals surface area (Å²) in [5, 5.41) is 0. The maximum atomic E-state index is 11.3. The largest absolute Gasteiger partial charge is 0.490 e. The molecule has 0 spiro atoms. The molecule has 1 saturated carbocycles. The van der Waals surface area contributed by atoms with Gasteiger partial charge < -0.3 is 14.2 Å². The van der Waals surface area contributed by atoms with Gasteiger partial charge in [0, 0.05) is 18.9 Å². The number of carbonyl (C=O) groups excluding carboxylic acids is 1.